The van der Waals surface area contributed by atoms with E-state index >= 15 is 0 Å². The van der Waals surface area contributed by atoms with E-state index in [-0.39, 0.29) is 5.91 Å². The number of nitrogens with zero attached hydrogens (tertiary/aromatic N) is 4. The van der Waals surface area contributed by atoms with Gasteiger partial charge in [0.05, 0.1) is 12.2 Å². The van der Waals surface area contributed by atoms with Crippen LogP contribution in [0.2, 0.25) is 0 Å². The number of carbonyl (C=O) groups is 1. The number of aryl methyl sites for hydroxylation is 2. The Morgan fingerprint density at radius 2 is 1.79 bits per heavy atom. The smallest absolute Gasteiger partial charge is 0.255 e. The molecule has 4 aromatic rings. The van der Waals surface area contributed by atoms with Crippen LogP contribution in [0, 0.1) is 13.8 Å². The van der Waals surface area contributed by atoms with Gasteiger partial charge >= 0.3 is 0 Å². The summed E-state index contributed by atoms with van der Waals surface area (Å²) in [5.74, 6) is 1.41. The number of carbonyl (C=O) groups excluding carboxylic acids is 1. The number of aromatic nitrogens is 4. The van der Waals surface area contributed by atoms with Crippen molar-refractivity contribution in [3.05, 3.63) is 100 Å². The SMILES string of the molecule is CCOc1cc(C2C(C(=O)Nc3ccc(C)cc3)=C(C)Nc3nnnn32)ccc1OCc1cccc(C)c1. The van der Waals surface area contributed by atoms with Crippen molar-refractivity contribution in [2.45, 2.75) is 40.3 Å². The summed E-state index contributed by atoms with van der Waals surface area (Å²) < 4.78 is 13.7. The van der Waals surface area contributed by atoms with Crippen LogP contribution in [0.4, 0.5) is 11.6 Å². The number of rotatable bonds is 8. The summed E-state index contributed by atoms with van der Waals surface area (Å²) in [6, 6.07) is 21.0. The molecule has 3 aromatic carbocycles. The molecule has 194 valence electrons. The van der Waals surface area contributed by atoms with E-state index in [0.717, 1.165) is 16.7 Å². The van der Waals surface area contributed by atoms with Crippen molar-refractivity contribution in [1.82, 2.24) is 20.2 Å². The first kappa shape index (κ1) is 25.0. The average Bonchev–Trinajstić information content (AvgIpc) is 3.36. The lowest BCUT2D eigenvalue weighted by Gasteiger charge is -2.28. The molecule has 0 bridgehead atoms. The van der Waals surface area contributed by atoms with Crippen LogP contribution in [0.15, 0.2) is 78.0 Å². The van der Waals surface area contributed by atoms with Gasteiger partial charge in [0.15, 0.2) is 11.5 Å². The molecule has 9 heteroatoms. The maximum atomic E-state index is 13.6. The summed E-state index contributed by atoms with van der Waals surface area (Å²) in [4.78, 5) is 13.6. The second kappa shape index (κ2) is 10.8. The van der Waals surface area contributed by atoms with Gasteiger partial charge in [0.25, 0.3) is 5.91 Å². The minimum Gasteiger partial charge on any atom is -0.490 e. The molecule has 0 saturated carbocycles. The van der Waals surface area contributed by atoms with Gasteiger partial charge in [0, 0.05) is 11.4 Å². The molecule has 0 spiro atoms. The highest BCUT2D eigenvalue weighted by Gasteiger charge is 2.34. The summed E-state index contributed by atoms with van der Waals surface area (Å²) in [6.45, 7) is 8.70. The summed E-state index contributed by atoms with van der Waals surface area (Å²) in [5.41, 5.74) is 6.02. The Bertz CT molecular complexity index is 1490. The van der Waals surface area contributed by atoms with E-state index < -0.39 is 6.04 Å². The second-order valence-corrected chi connectivity index (χ2v) is 9.25. The van der Waals surface area contributed by atoms with Gasteiger partial charge in [-0.05, 0) is 73.5 Å². The fourth-order valence-corrected chi connectivity index (χ4v) is 4.50. The minimum absolute atomic E-state index is 0.247. The van der Waals surface area contributed by atoms with Crippen molar-refractivity contribution in [3.8, 4) is 11.5 Å². The topological polar surface area (TPSA) is 103 Å². The summed E-state index contributed by atoms with van der Waals surface area (Å²) in [5, 5.41) is 18.3. The van der Waals surface area contributed by atoms with E-state index in [2.05, 4.69) is 45.2 Å². The number of fused-ring (bicyclic) bond motifs is 1. The van der Waals surface area contributed by atoms with Crippen LogP contribution >= 0.6 is 0 Å². The lowest BCUT2D eigenvalue weighted by Crippen LogP contribution is -2.31. The fraction of sp³-hybridized carbons (Fsp3) is 0.241. The molecule has 38 heavy (non-hydrogen) atoms. The first-order valence-electron chi connectivity index (χ1n) is 12.5. The zero-order valence-corrected chi connectivity index (χ0v) is 21.9. The molecular weight excluding hydrogens is 480 g/mol. The van der Waals surface area contributed by atoms with Crippen LogP contribution in [0.5, 0.6) is 11.5 Å². The molecule has 1 aliphatic rings. The lowest BCUT2D eigenvalue weighted by molar-refractivity contribution is -0.113. The first-order valence-corrected chi connectivity index (χ1v) is 12.5. The molecule has 1 aromatic heterocycles. The number of nitrogens with one attached hydrogen (secondary N) is 2. The van der Waals surface area contributed by atoms with E-state index in [9.17, 15) is 4.79 Å². The number of hydrogen-bond donors (Lipinski definition) is 2. The largest absolute Gasteiger partial charge is 0.490 e. The summed E-state index contributed by atoms with van der Waals surface area (Å²) >= 11 is 0. The maximum absolute atomic E-state index is 13.6. The monoisotopic (exact) mass is 510 g/mol. The van der Waals surface area contributed by atoms with Gasteiger partial charge in [-0.15, -0.1) is 0 Å². The Kier molecular flexibility index (Phi) is 7.08. The van der Waals surface area contributed by atoms with E-state index in [4.69, 9.17) is 9.47 Å². The Labute approximate surface area is 221 Å². The third kappa shape index (κ3) is 5.22. The zero-order chi connectivity index (χ0) is 26.6. The van der Waals surface area contributed by atoms with Crippen molar-refractivity contribution in [2.24, 2.45) is 0 Å². The van der Waals surface area contributed by atoms with Crippen LogP contribution < -0.4 is 20.1 Å². The van der Waals surface area contributed by atoms with Crippen LogP contribution in [-0.4, -0.2) is 32.7 Å². The molecule has 1 atom stereocenters. The number of anilines is 2. The second-order valence-electron chi connectivity index (χ2n) is 9.25. The average molecular weight is 511 g/mol. The van der Waals surface area contributed by atoms with Crippen molar-refractivity contribution in [1.29, 1.82) is 0 Å². The van der Waals surface area contributed by atoms with E-state index in [0.29, 0.717) is 47.6 Å². The van der Waals surface area contributed by atoms with Crippen molar-refractivity contribution in [2.75, 3.05) is 17.2 Å². The molecule has 2 heterocycles. The molecule has 9 nitrogen and oxygen atoms in total. The van der Waals surface area contributed by atoms with E-state index in [1.54, 1.807) is 4.68 Å². The fourth-order valence-electron chi connectivity index (χ4n) is 4.50. The van der Waals surface area contributed by atoms with Gasteiger partial charge in [0.2, 0.25) is 5.95 Å². The van der Waals surface area contributed by atoms with Crippen molar-refractivity contribution < 1.29 is 14.3 Å². The summed E-state index contributed by atoms with van der Waals surface area (Å²) in [7, 11) is 0. The van der Waals surface area contributed by atoms with Gasteiger partial charge < -0.3 is 20.1 Å². The number of benzene rings is 3. The number of amides is 1. The zero-order valence-electron chi connectivity index (χ0n) is 21.9. The number of ether oxygens (including phenoxy) is 2. The highest BCUT2D eigenvalue weighted by atomic mass is 16.5. The van der Waals surface area contributed by atoms with Gasteiger partial charge in [-0.25, -0.2) is 0 Å². The van der Waals surface area contributed by atoms with E-state index in [1.165, 1.54) is 5.56 Å². The predicted octanol–water partition coefficient (Wildman–Crippen LogP) is 5.20. The minimum atomic E-state index is -0.572. The highest BCUT2D eigenvalue weighted by Crippen LogP contribution is 2.39. The number of tetrazole rings is 1. The van der Waals surface area contributed by atoms with E-state index in [1.807, 2.05) is 75.4 Å². The third-order valence-electron chi connectivity index (χ3n) is 6.33. The highest BCUT2D eigenvalue weighted by molar-refractivity contribution is 6.06. The molecule has 0 radical (unpaired) electrons. The summed E-state index contributed by atoms with van der Waals surface area (Å²) in [6.07, 6.45) is 0. The number of hydrogen-bond acceptors (Lipinski definition) is 7. The molecule has 0 fully saturated rings. The molecule has 1 amide bonds. The molecule has 1 aliphatic heterocycles. The molecule has 2 N–H and O–H groups in total. The molecule has 0 saturated heterocycles. The van der Waals surface area contributed by atoms with Gasteiger partial charge in [-0.1, -0.05) is 58.7 Å². The molecular formula is C29H30N6O3. The molecule has 0 aliphatic carbocycles. The standard InChI is InChI=1S/C29H30N6O3/c1-5-37-25-16-22(11-14-24(25)38-17-21-8-6-7-19(3)15-21)27-26(20(4)30-29-32-33-34-35(27)29)28(36)31-23-12-9-18(2)10-13-23/h6-16,27H,5,17H2,1-4H3,(H,31,36)(H,30,32,34). The van der Waals surface area contributed by atoms with Crippen molar-refractivity contribution >= 4 is 17.5 Å². The Balaban J connectivity index is 1.48. The van der Waals surface area contributed by atoms with Gasteiger partial charge in [0.1, 0.15) is 12.6 Å². The Morgan fingerprint density at radius 1 is 0.974 bits per heavy atom. The van der Waals surface area contributed by atoms with Crippen LogP contribution in [-0.2, 0) is 11.4 Å². The van der Waals surface area contributed by atoms with Gasteiger partial charge in [-0.2, -0.15) is 4.68 Å². The molecule has 5 rings (SSSR count). The molecule has 1 unspecified atom stereocenters. The lowest BCUT2D eigenvalue weighted by atomic mass is 9.94. The Hall–Kier alpha value is -4.66. The third-order valence-corrected chi connectivity index (χ3v) is 6.33. The predicted molar refractivity (Wildman–Crippen MR) is 145 cm³/mol. The normalized spacial score (nSPS) is 14.5. The van der Waals surface area contributed by atoms with Crippen LogP contribution in [0.3, 0.4) is 0 Å². The van der Waals surface area contributed by atoms with Crippen molar-refractivity contribution in [3.63, 3.8) is 0 Å². The Morgan fingerprint density at radius 3 is 2.55 bits per heavy atom. The van der Waals surface area contributed by atoms with Gasteiger partial charge in [-0.3, -0.25) is 4.79 Å². The maximum Gasteiger partial charge on any atom is 0.255 e. The van der Waals surface area contributed by atoms with Crippen LogP contribution in [0.25, 0.3) is 0 Å². The van der Waals surface area contributed by atoms with Crippen LogP contribution in [0.1, 0.15) is 42.1 Å². The number of allylic oxidation sites excluding steroid dienone is 1. The first-order chi connectivity index (χ1) is 18.4. The quantitative estimate of drug-likeness (QED) is 0.336.